The quantitative estimate of drug-likeness (QED) is 0.387. The second-order valence-electron chi connectivity index (χ2n) is 5.40. The zero-order valence-corrected chi connectivity index (χ0v) is 14.4. The number of carbonyl (C=O) groups excluding carboxylic acids is 3. The highest BCUT2D eigenvalue weighted by molar-refractivity contribution is 7.98. The van der Waals surface area contributed by atoms with Crippen LogP contribution in [0.2, 0.25) is 0 Å². The molecule has 136 valence electrons. The third-order valence-corrected chi connectivity index (χ3v) is 4.35. The molecule has 0 aromatic carbocycles. The van der Waals surface area contributed by atoms with Gasteiger partial charge < -0.3 is 26.4 Å². The monoisotopic (exact) mass is 360 g/mol. The van der Waals surface area contributed by atoms with Crippen molar-refractivity contribution in [1.29, 1.82) is 0 Å². The number of rotatable bonds is 9. The summed E-state index contributed by atoms with van der Waals surface area (Å²) in [4.78, 5) is 48.3. The minimum Gasteiger partial charge on any atom is -0.480 e. The van der Waals surface area contributed by atoms with Gasteiger partial charge in [0.25, 0.3) is 0 Å². The van der Waals surface area contributed by atoms with Crippen LogP contribution in [0.4, 0.5) is 0 Å². The van der Waals surface area contributed by atoms with Crippen LogP contribution in [0, 0.1) is 0 Å². The van der Waals surface area contributed by atoms with Crippen molar-refractivity contribution in [2.24, 2.45) is 5.73 Å². The fourth-order valence-electron chi connectivity index (χ4n) is 2.51. The highest BCUT2D eigenvalue weighted by atomic mass is 32.2. The number of nitrogens with zero attached hydrogens (tertiary/aromatic N) is 1. The number of amides is 3. The van der Waals surface area contributed by atoms with E-state index in [9.17, 15) is 19.2 Å². The summed E-state index contributed by atoms with van der Waals surface area (Å²) in [7, 11) is 0. The molecule has 0 bridgehead atoms. The minimum atomic E-state index is -1.16. The molecule has 2 unspecified atom stereocenters. The van der Waals surface area contributed by atoms with E-state index in [1.165, 1.54) is 16.7 Å². The van der Waals surface area contributed by atoms with Crippen molar-refractivity contribution in [2.75, 3.05) is 31.6 Å². The summed E-state index contributed by atoms with van der Waals surface area (Å²) in [5.41, 5.74) is 5.35. The van der Waals surface area contributed by atoms with Gasteiger partial charge >= 0.3 is 5.97 Å². The summed E-state index contributed by atoms with van der Waals surface area (Å²) in [5.74, 6) is -1.79. The zero-order valence-electron chi connectivity index (χ0n) is 13.6. The van der Waals surface area contributed by atoms with Gasteiger partial charge in [0, 0.05) is 6.54 Å². The molecule has 10 heteroatoms. The van der Waals surface area contributed by atoms with Crippen LogP contribution in [-0.2, 0) is 19.2 Å². The molecule has 9 nitrogen and oxygen atoms in total. The molecule has 0 aliphatic carbocycles. The molecular weight excluding hydrogens is 336 g/mol. The lowest BCUT2D eigenvalue weighted by molar-refractivity contribution is -0.140. The topological polar surface area (TPSA) is 142 Å². The van der Waals surface area contributed by atoms with Crippen LogP contribution < -0.4 is 16.4 Å². The number of nitrogens with one attached hydrogen (secondary N) is 2. The number of hydrogen-bond donors (Lipinski definition) is 4. The van der Waals surface area contributed by atoms with Crippen LogP contribution in [0.5, 0.6) is 0 Å². The molecule has 2 atom stereocenters. The normalized spacial score (nSPS) is 18.1. The number of thioether (sulfide) groups is 1. The molecule has 1 saturated heterocycles. The molecule has 5 N–H and O–H groups in total. The lowest BCUT2D eigenvalue weighted by atomic mass is 10.1. The number of nitrogens with two attached hydrogens (primary N) is 1. The van der Waals surface area contributed by atoms with Crippen LogP contribution in [0.1, 0.15) is 19.3 Å². The standard InChI is InChI=1S/C14H24N4O5S/c1-24-6-4-9(13(22)16-8-12(20)21)17-14(23)10-3-2-5-18(10)11(19)7-15/h9-10H,2-8,15H2,1H3,(H,16,22)(H,17,23)(H,20,21). The molecule has 0 spiro atoms. The Hall–Kier alpha value is -1.81. The molecule has 1 fully saturated rings. The summed E-state index contributed by atoms with van der Waals surface area (Å²) in [5, 5.41) is 13.5. The Morgan fingerprint density at radius 1 is 1.38 bits per heavy atom. The smallest absolute Gasteiger partial charge is 0.322 e. The van der Waals surface area contributed by atoms with Crippen molar-refractivity contribution in [3.8, 4) is 0 Å². The first-order chi connectivity index (χ1) is 11.4. The van der Waals surface area contributed by atoms with Crippen molar-refractivity contribution in [2.45, 2.75) is 31.3 Å². The van der Waals surface area contributed by atoms with Crippen molar-refractivity contribution < 1.29 is 24.3 Å². The van der Waals surface area contributed by atoms with Crippen molar-refractivity contribution >= 4 is 35.5 Å². The Morgan fingerprint density at radius 3 is 2.67 bits per heavy atom. The van der Waals surface area contributed by atoms with Crippen LogP contribution in [-0.4, -0.2) is 77.4 Å². The van der Waals surface area contributed by atoms with Gasteiger partial charge in [0.15, 0.2) is 0 Å². The summed E-state index contributed by atoms with van der Waals surface area (Å²) < 4.78 is 0. The predicted octanol–water partition coefficient (Wildman–Crippen LogP) is -1.63. The van der Waals surface area contributed by atoms with Gasteiger partial charge in [0.1, 0.15) is 18.6 Å². The number of carboxylic acid groups (broad SMARTS) is 1. The Labute approximate surface area is 144 Å². The number of hydrogen-bond acceptors (Lipinski definition) is 6. The van der Waals surface area contributed by atoms with Gasteiger partial charge in [-0.25, -0.2) is 0 Å². The first kappa shape index (κ1) is 20.2. The fourth-order valence-corrected chi connectivity index (χ4v) is 2.98. The Bertz CT molecular complexity index is 488. The highest BCUT2D eigenvalue weighted by Crippen LogP contribution is 2.17. The number of carbonyl (C=O) groups is 4. The molecule has 1 aliphatic heterocycles. The lowest BCUT2D eigenvalue weighted by Gasteiger charge is -2.26. The van der Waals surface area contributed by atoms with E-state index in [2.05, 4.69) is 10.6 Å². The maximum absolute atomic E-state index is 12.4. The number of likely N-dealkylation sites (tertiary alicyclic amines) is 1. The van der Waals surface area contributed by atoms with Gasteiger partial charge in [-0.2, -0.15) is 11.8 Å². The molecular formula is C14H24N4O5S. The van der Waals surface area contributed by atoms with E-state index in [4.69, 9.17) is 10.8 Å². The lowest BCUT2D eigenvalue weighted by Crippen LogP contribution is -2.54. The van der Waals surface area contributed by atoms with Gasteiger partial charge in [-0.1, -0.05) is 0 Å². The highest BCUT2D eigenvalue weighted by Gasteiger charge is 2.35. The third kappa shape index (κ3) is 6.00. The predicted molar refractivity (Wildman–Crippen MR) is 89.4 cm³/mol. The summed E-state index contributed by atoms with van der Waals surface area (Å²) in [6.45, 7) is -0.209. The average molecular weight is 360 g/mol. The zero-order chi connectivity index (χ0) is 18.1. The molecule has 1 heterocycles. The molecule has 0 radical (unpaired) electrons. The summed E-state index contributed by atoms with van der Waals surface area (Å²) in [6, 6.07) is -1.47. The van der Waals surface area contributed by atoms with Crippen molar-refractivity contribution in [1.82, 2.24) is 15.5 Å². The van der Waals surface area contributed by atoms with E-state index in [0.717, 1.165) is 0 Å². The fraction of sp³-hybridized carbons (Fsp3) is 0.714. The molecule has 1 aliphatic rings. The summed E-state index contributed by atoms with van der Waals surface area (Å²) in [6.07, 6.45) is 3.46. The maximum Gasteiger partial charge on any atom is 0.322 e. The van der Waals surface area contributed by atoms with Crippen LogP contribution in [0.3, 0.4) is 0 Å². The van der Waals surface area contributed by atoms with E-state index in [1.54, 1.807) is 0 Å². The first-order valence-electron chi connectivity index (χ1n) is 7.69. The molecule has 0 saturated carbocycles. The average Bonchev–Trinajstić information content (AvgIpc) is 3.05. The van der Waals surface area contributed by atoms with Gasteiger partial charge in [-0.15, -0.1) is 0 Å². The van der Waals surface area contributed by atoms with E-state index >= 15 is 0 Å². The van der Waals surface area contributed by atoms with E-state index in [1.807, 2.05) is 6.26 Å². The Balaban J connectivity index is 2.70. The van der Waals surface area contributed by atoms with Gasteiger partial charge in [-0.05, 0) is 31.3 Å². The van der Waals surface area contributed by atoms with E-state index < -0.39 is 36.4 Å². The summed E-state index contributed by atoms with van der Waals surface area (Å²) >= 11 is 1.51. The second kappa shape index (κ2) is 10.1. The molecule has 3 amide bonds. The van der Waals surface area contributed by atoms with Gasteiger partial charge in [-0.3, -0.25) is 19.2 Å². The van der Waals surface area contributed by atoms with Crippen LogP contribution in [0.25, 0.3) is 0 Å². The number of carboxylic acids is 1. The van der Waals surface area contributed by atoms with E-state index in [0.29, 0.717) is 31.6 Å². The minimum absolute atomic E-state index is 0.168. The third-order valence-electron chi connectivity index (χ3n) is 3.71. The van der Waals surface area contributed by atoms with Crippen molar-refractivity contribution in [3.05, 3.63) is 0 Å². The second-order valence-corrected chi connectivity index (χ2v) is 6.39. The molecule has 1 rings (SSSR count). The number of aliphatic carboxylic acids is 1. The van der Waals surface area contributed by atoms with Crippen molar-refractivity contribution in [3.63, 3.8) is 0 Å². The Kier molecular flexibility index (Phi) is 8.55. The maximum atomic E-state index is 12.4. The SMILES string of the molecule is CSCCC(NC(=O)C1CCCN1C(=O)CN)C(=O)NCC(=O)O. The van der Waals surface area contributed by atoms with E-state index in [-0.39, 0.29) is 12.5 Å². The molecule has 0 aromatic rings. The largest absolute Gasteiger partial charge is 0.480 e. The molecule has 0 aromatic heterocycles. The Morgan fingerprint density at radius 2 is 2.08 bits per heavy atom. The molecule has 24 heavy (non-hydrogen) atoms. The first-order valence-corrected chi connectivity index (χ1v) is 9.08. The van der Waals surface area contributed by atoms with Crippen LogP contribution in [0.15, 0.2) is 0 Å². The van der Waals surface area contributed by atoms with Crippen LogP contribution >= 0.6 is 11.8 Å². The van der Waals surface area contributed by atoms with Gasteiger partial charge in [0.05, 0.1) is 6.54 Å². The van der Waals surface area contributed by atoms with Gasteiger partial charge in [0.2, 0.25) is 17.7 Å².